The van der Waals surface area contributed by atoms with Gasteiger partial charge < -0.3 is 0 Å². The molecule has 0 N–H and O–H groups in total. The first-order valence-corrected chi connectivity index (χ1v) is 7.07. The molecule has 0 aliphatic rings. The van der Waals surface area contributed by atoms with E-state index in [-0.39, 0.29) is 5.78 Å². The summed E-state index contributed by atoms with van der Waals surface area (Å²) < 4.78 is 0. The normalized spacial score (nSPS) is 14.2. The zero-order valence-electron chi connectivity index (χ0n) is 12.9. The first-order valence-electron chi connectivity index (χ1n) is 6.69. The fourth-order valence-corrected chi connectivity index (χ4v) is 2.41. The Hall–Kier alpha value is -1.86. The predicted molar refractivity (Wildman–Crippen MR) is 92.5 cm³/mol. The number of carbonyl (C=O) groups excluding carboxylic acids is 1. The van der Waals surface area contributed by atoms with Gasteiger partial charge in [0.15, 0.2) is 10.7 Å². The van der Waals surface area contributed by atoms with Gasteiger partial charge in [0.05, 0.1) is 0 Å². The minimum Gasteiger partial charge on any atom is -0.292 e. The van der Waals surface area contributed by atoms with E-state index in [4.69, 9.17) is 11.6 Å². The summed E-state index contributed by atoms with van der Waals surface area (Å²) in [5.41, 5.74) is 3.32. The van der Waals surface area contributed by atoms with Crippen molar-refractivity contribution in [1.29, 1.82) is 0 Å². The number of carbonyl (C=O) groups is 1. The molecule has 0 bridgehead atoms. The van der Waals surface area contributed by atoms with E-state index in [2.05, 4.69) is 19.7 Å². The Balaban J connectivity index is 3.62. The fraction of sp³-hybridized carbons (Fsp3) is 0.211. The van der Waals surface area contributed by atoms with Crippen LogP contribution in [0.25, 0.3) is 5.57 Å². The summed E-state index contributed by atoms with van der Waals surface area (Å²) in [5.74, 6) is -0.243. The molecule has 1 unspecified atom stereocenters. The smallest absolute Gasteiger partial charge is 0.187 e. The number of allylic oxidation sites excluding steroid dienone is 5. The maximum atomic E-state index is 12.6. The second-order valence-corrected chi connectivity index (χ2v) is 5.89. The minimum absolute atomic E-state index is 0.243. The monoisotopic (exact) mass is 300 g/mol. The molecule has 2 heteroatoms. The van der Waals surface area contributed by atoms with E-state index >= 15 is 0 Å². The Labute approximate surface area is 132 Å². The van der Waals surface area contributed by atoms with Crippen LogP contribution in [0.2, 0.25) is 0 Å². The standard InChI is InChI=1S/C19H21ClO/c1-13(2)12-17(16-10-8-7-9-11-16)19(20,15(5)6)18(21)14(3)4/h7-12H,1,3,5H2,2,4,6H3/b17-12+. The lowest BCUT2D eigenvalue weighted by molar-refractivity contribution is -0.115. The van der Waals surface area contributed by atoms with Crippen molar-refractivity contribution < 1.29 is 4.79 Å². The molecule has 0 fully saturated rings. The third kappa shape index (κ3) is 3.62. The van der Waals surface area contributed by atoms with Crippen molar-refractivity contribution in [2.24, 2.45) is 0 Å². The molecule has 0 radical (unpaired) electrons. The van der Waals surface area contributed by atoms with Crippen LogP contribution in [0.5, 0.6) is 0 Å². The molecule has 0 aliphatic heterocycles. The number of alkyl halides is 1. The van der Waals surface area contributed by atoms with Crippen LogP contribution < -0.4 is 0 Å². The number of Topliss-reactive ketones (excluding diaryl/α,β-unsaturated/α-hetero) is 1. The first-order chi connectivity index (χ1) is 9.71. The van der Waals surface area contributed by atoms with Gasteiger partial charge in [0.1, 0.15) is 0 Å². The second-order valence-electron chi connectivity index (χ2n) is 5.32. The summed E-state index contributed by atoms with van der Waals surface area (Å²) in [5, 5.41) is 0. The maximum absolute atomic E-state index is 12.6. The fourth-order valence-electron chi connectivity index (χ4n) is 2.09. The van der Waals surface area contributed by atoms with Gasteiger partial charge in [0.2, 0.25) is 0 Å². The summed E-state index contributed by atoms with van der Waals surface area (Å²) in [6.07, 6.45) is 1.83. The average Bonchev–Trinajstić information content (AvgIpc) is 2.43. The van der Waals surface area contributed by atoms with Crippen molar-refractivity contribution in [2.75, 3.05) is 0 Å². The van der Waals surface area contributed by atoms with Gasteiger partial charge in [0, 0.05) is 0 Å². The molecule has 0 saturated carbocycles. The van der Waals surface area contributed by atoms with Crippen molar-refractivity contribution in [3.63, 3.8) is 0 Å². The highest BCUT2D eigenvalue weighted by molar-refractivity contribution is 6.46. The molecular weight excluding hydrogens is 280 g/mol. The largest absolute Gasteiger partial charge is 0.292 e. The zero-order chi connectivity index (χ0) is 16.2. The molecule has 0 spiro atoms. The molecule has 0 saturated heterocycles. The number of ketones is 1. The molecule has 21 heavy (non-hydrogen) atoms. The average molecular weight is 301 g/mol. The van der Waals surface area contributed by atoms with Gasteiger partial charge in [-0.1, -0.05) is 61.7 Å². The molecule has 1 rings (SSSR count). The van der Waals surface area contributed by atoms with Gasteiger partial charge in [0.25, 0.3) is 0 Å². The molecule has 1 nitrogen and oxygen atoms in total. The van der Waals surface area contributed by atoms with E-state index in [9.17, 15) is 4.79 Å². The van der Waals surface area contributed by atoms with Gasteiger partial charge in [-0.05, 0) is 43.1 Å². The molecular formula is C19H21ClO. The van der Waals surface area contributed by atoms with Gasteiger partial charge in [-0.15, -0.1) is 11.6 Å². The lowest BCUT2D eigenvalue weighted by Gasteiger charge is -2.30. The van der Waals surface area contributed by atoms with E-state index in [0.29, 0.717) is 16.7 Å². The summed E-state index contributed by atoms with van der Waals surface area (Å²) in [4.78, 5) is 11.3. The Morgan fingerprint density at radius 2 is 1.62 bits per heavy atom. The zero-order valence-corrected chi connectivity index (χ0v) is 13.6. The van der Waals surface area contributed by atoms with Crippen LogP contribution in [0.15, 0.2) is 72.9 Å². The molecule has 0 aromatic heterocycles. The SMILES string of the molecule is C=C(C)/C=C(\c1ccccc1)C(Cl)(C(=C)C)C(=O)C(=C)C. The van der Waals surface area contributed by atoms with E-state index in [1.807, 2.05) is 43.3 Å². The van der Waals surface area contributed by atoms with E-state index in [1.165, 1.54) is 0 Å². The molecule has 0 aliphatic carbocycles. The Kier molecular flexibility index (Phi) is 5.51. The highest BCUT2D eigenvalue weighted by atomic mass is 35.5. The molecule has 0 heterocycles. The lowest BCUT2D eigenvalue weighted by Crippen LogP contribution is -2.35. The summed E-state index contributed by atoms with van der Waals surface area (Å²) in [6, 6.07) is 9.56. The van der Waals surface area contributed by atoms with Crippen molar-refractivity contribution in [2.45, 2.75) is 25.6 Å². The Morgan fingerprint density at radius 1 is 1.10 bits per heavy atom. The lowest BCUT2D eigenvalue weighted by atomic mass is 9.81. The van der Waals surface area contributed by atoms with Crippen molar-refractivity contribution in [3.05, 3.63) is 78.4 Å². The third-order valence-corrected chi connectivity index (χ3v) is 3.83. The Bertz CT molecular complexity index is 622. The van der Waals surface area contributed by atoms with Crippen LogP contribution in [-0.2, 0) is 4.79 Å². The van der Waals surface area contributed by atoms with Crippen LogP contribution in [-0.4, -0.2) is 10.7 Å². The van der Waals surface area contributed by atoms with Crippen molar-refractivity contribution in [3.8, 4) is 0 Å². The van der Waals surface area contributed by atoms with E-state index in [1.54, 1.807) is 13.8 Å². The molecule has 1 aromatic carbocycles. The van der Waals surface area contributed by atoms with Crippen LogP contribution in [0, 0.1) is 0 Å². The van der Waals surface area contributed by atoms with Crippen molar-refractivity contribution >= 4 is 23.0 Å². The topological polar surface area (TPSA) is 17.1 Å². The molecule has 110 valence electrons. The van der Waals surface area contributed by atoms with Gasteiger partial charge in [-0.3, -0.25) is 4.79 Å². The van der Waals surface area contributed by atoms with Crippen LogP contribution in [0.4, 0.5) is 0 Å². The van der Waals surface area contributed by atoms with Gasteiger partial charge in [-0.2, -0.15) is 0 Å². The highest BCUT2D eigenvalue weighted by Gasteiger charge is 2.41. The highest BCUT2D eigenvalue weighted by Crippen LogP contribution is 2.41. The van der Waals surface area contributed by atoms with E-state index < -0.39 is 4.87 Å². The molecule has 1 atom stereocenters. The second kappa shape index (κ2) is 6.73. The summed E-state index contributed by atoms with van der Waals surface area (Å²) >= 11 is 6.74. The first kappa shape index (κ1) is 17.2. The van der Waals surface area contributed by atoms with Crippen LogP contribution >= 0.6 is 11.6 Å². The van der Waals surface area contributed by atoms with Crippen LogP contribution in [0.1, 0.15) is 26.3 Å². The number of benzene rings is 1. The molecule has 0 amide bonds. The minimum atomic E-state index is -1.33. The quantitative estimate of drug-likeness (QED) is 0.300. The molecule has 1 aromatic rings. The maximum Gasteiger partial charge on any atom is 0.187 e. The predicted octanol–water partition coefficient (Wildman–Crippen LogP) is 5.35. The van der Waals surface area contributed by atoms with Crippen molar-refractivity contribution in [1.82, 2.24) is 0 Å². The summed E-state index contributed by atoms with van der Waals surface area (Å²) in [6.45, 7) is 16.8. The van der Waals surface area contributed by atoms with E-state index in [0.717, 1.165) is 11.1 Å². The van der Waals surface area contributed by atoms with Gasteiger partial charge >= 0.3 is 0 Å². The summed E-state index contributed by atoms with van der Waals surface area (Å²) in [7, 11) is 0. The number of rotatable bonds is 6. The number of hydrogen-bond acceptors (Lipinski definition) is 1. The third-order valence-electron chi connectivity index (χ3n) is 3.14. The van der Waals surface area contributed by atoms with Gasteiger partial charge in [-0.25, -0.2) is 0 Å². The van der Waals surface area contributed by atoms with Crippen LogP contribution in [0.3, 0.4) is 0 Å². The number of hydrogen-bond donors (Lipinski definition) is 0. The Morgan fingerprint density at radius 3 is 2.00 bits per heavy atom. The number of halogens is 1.